The first kappa shape index (κ1) is 19.2. The highest BCUT2D eigenvalue weighted by atomic mass is 19.4. The molecule has 0 aliphatic carbocycles. The van der Waals surface area contributed by atoms with E-state index in [4.69, 9.17) is 10.2 Å². The molecular formula is C14H15F6N3O2. The minimum absolute atomic E-state index is 0.305. The van der Waals surface area contributed by atoms with Crippen LogP contribution >= 0.6 is 0 Å². The Labute approximate surface area is 138 Å². The van der Waals surface area contributed by atoms with Gasteiger partial charge in [0.15, 0.2) is 5.60 Å². The van der Waals surface area contributed by atoms with Crippen LogP contribution in [-0.2, 0) is 0 Å². The molecule has 5 nitrogen and oxygen atoms in total. The molecule has 1 aliphatic rings. The van der Waals surface area contributed by atoms with E-state index in [0.29, 0.717) is 17.9 Å². The van der Waals surface area contributed by atoms with Crippen molar-refractivity contribution in [3.05, 3.63) is 35.7 Å². The molecule has 2 atom stereocenters. The Balaban J connectivity index is 2.63. The largest absolute Gasteiger partial charge is 0.443 e. The lowest BCUT2D eigenvalue weighted by Crippen LogP contribution is -2.54. The molecule has 2 unspecified atom stereocenters. The zero-order chi connectivity index (χ0) is 19.2. The van der Waals surface area contributed by atoms with Crippen LogP contribution in [0.2, 0.25) is 0 Å². The Morgan fingerprint density at radius 2 is 1.88 bits per heavy atom. The standard InChI is InChI=1S/C14H15F6N3O2/c1-7-9(21)5-8(13(15,16)17)10(11-22-3-4-25-11)23(7)6-12(2,24)14(18,19)20/h3-5,7,24H,6,21H2,1-2H3. The molecule has 140 valence electrons. The summed E-state index contributed by atoms with van der Waals surface area (Å²) in [5.41, 5.74) is -0.0397. The van der Waals surface area contributed by atoms with Crippen molar-refractivity contribution in [2.45, 2.75) is 37.8 Å². The van der Waals surface area contributed by atoms with Crippen LogP contribution in [-0.4, -0.2) is 45.5 Å². The lowest BCUT2D eigenvalue weighted by molar-refractivity contribution is -0.256. The van der Waals surface area contributed by atoms with Gasteiger partial charge in [-0.25, -0.2) is 4.98 Å². The molecule has 11 heteroatoms. The molecule has 0 amide bonds. The predicted octanol–water partition coefficient (Wildman–Crippen LogP) is 2.81. The van der Waals surface area contributed by atoms with Crippen LogP contribution in [0.25, 0.3) is 5.70 Å². The molecule has 25 heavy (non-hydrogen) atoms. The van der Waals surface area contributed by atoms with E-state index >= 15 is 0 Å². The van der Waals surface area contributed by atoms with Crippen molar-refractivity contribution < 1.29 is 35.9 Å². The third-order valence-electron chi connectivity index (χ3n) is 3.83. The Bertz CT molecular complexity index is 688. The molecule has 0 aromatic carbocycles. The number of hydrogen-bond acceptors (Lipinski definition) is 5. The van der Waals surface area contributed by atoms with Gasteiger partial charge < -0.3 is 20.2 Å². The number of β-amino-alcohol motifs (C(OH)–C–C–N with tert-alkyl or cyclic N) is 1. The Hall–Kier alpha value is -2.17. The summed E-state index contributed by atoms with van der Waals surface area (Å²) >= 11 is 0. The molecule has 2 rings (SSSR count). The lowest BCUT2D eigenvalue weighted by atomic mass is 9.97. The molecule has 0 spiro atoms. The number of halogens is 6. The number of alkyl halides is 6. The van der Waals surface area contributed by atoms with Gasteiger partial charge in [0.1, 0.15) is 12.0 Å². The van der Waals surface area contributed by atoms with Crippen molar-refractivity contribution in [3.63, 3.8) is 0 Å². The highest BCUT2D eigenvalue weighted by Gasteiger charge is 2.53. The van der Waals surface area contributed by atoms with E-state index in [0.717, 1.165) is 12.5 Å². The number of nitrogens with zero attached hydrogens (tertiary/aromatic N) is 2. The van der Waals surface area contributed by atoms with Crippen LogP contribution in [0.5, 0.6) is 0 Å². The summed E-state index contributed by atoms with van der Waals surface area (Å²) in [5.74, 6) is -0.527. The molecule has 1 aliphatic heterocycles. The van der Waals surface area contributed by atoms with Gasteiger partial charge in [0, 0.05) is 5.70 Å². The Morgan fingerprint density at radius 3 is 2.32 bits per heavy atom. The minimum Gasteiger partial charge on any atom is -0.443 e. The summed E-state index contributed by atoms with van der Waals surface area (Å²) in [6, 6.07) is -1.05. The number of hydrogen-bond donors (Lipinski definition) is 2. The molecule has 0 saturated heterocycles. The van der Waals surface area contributed by atoms with E-state index in [9.17, 15) is 31.4 Å². The summed E-state index contributed by atoms with van der Waals surface area (Å²) in [4.78, 5) is 4.30. The van der Waals surface area contributed by atoms with E-state index < -0.39 is 47.7 Å². The van der Waals surface area contributed by atoms with Crippen LogP contribution in [0.4, 0.5) is 26.3 Å². The van der Waals surface area contributed by atoms with Crippen molar-refractivity contribution in [2.75, 3.05) is 6.54 Å². The van der Waals surface area contributed by atoms with Crippen molar-refractivity contribution >= 4 is 5.70 Å². The van der Waals surface area contributed by atoms with Crippen LogP contribution in [0.3, 0.4) is 0 Å². The van der Waals surface area contributed by atoms with Crippen molar-refractivity contribution in [2.24, 2.45) is 5.73 Å². The van der Waals surface area contributed by atoms with Crippen molar-refractivity contribution in [1.29, 1.82) is 0 Å². The third kappa shape index (κ3) is 3.60. The fourth-order valence-electron chi connectivity index (χ4n) is 2.32. The van der Waals surface area contributed by atoms with E-state index in [1.54, 1.807) is 0 Å². The van der Waals surface area contributed by atoms with Gasteiger partial charge in [-0.3, -0.25) is 0 Å². The van der Waals surface area contributed by atoms with Crippen LogP contribution < -0.4 is 5.73 Å². The second-order valence-corrected chi connectivity index (χ2v) is 5.82. The maximum Gasteiger partial charge on any atom is 0.418 e. The number of rotatable bonds is 3. The zero-order valence-corrected chi connectivity index (χ0v) is 13.1. The van der Waals surface area contributed by atoms with Gasteiger partial charge in [0.2, 0.25) is 5.89 Å². The van der Waals surface area contributed by atoms with Crippen LogP contribution in [0.15, 0.2) is 34.2 Å². The summed E-state index contributed by atoms with van der Waals surface area (Å²) in [6.45, 7) is 0.590. The predicted molar refractivity (Wildman–Crippen MR) is 74.6 cm³/mol. The van der Waals surface area contributed by atoms with E-state index in [-0.39, 0.29) is 5.70 Å². The number of oxazole rings is 1. The second-order valence-electron chi connectivity index (χ2n) is 5.82. The third-order valence-corrected chi connectivity index (χ3v) is 3.83. The molecule has 0 fully saturated rings. The molecule has 0 bridgehead atoms. The maximum atomic E-state index is 13.4. The number of aliphatic hydroxyl groups is 1. The number of allylic oxidation sites excluding steroid dienone is 2. The van der Waals surface area contributed by atoms with Crippen LogP contribution in [0.1, 0.15) is 19.7 Å². The SMILES string of the molecule is CC1C(N)=CC(C(F)(F)F)=C(c2ncco2)N1CC(C)(O)C(F)(F)F. The molecule has 1 aromatic heterocycles. The normalized spacial score (nSPS) is 22.0. The van der Waals surface area contributed by atoms with Gasteiger partial charge in [-0.05, 0) is 19.9 Å². The molecule has 3 N–H and O–H groups in total. The van der Waals surface area contributed by atoms with E-state index in [1.807, 2.05) is 0 Å². The highest BCUT2D eigenvalue weighted by molar-refractivity contribution is 5.68. The van der Waals surface area contributed by atoms with Gasteiger partial charge in [0.05, 0.1) is 24.4 Å². The van der Waals surface area contributed by atoms with Gasteiger partial charge in [-0.15, -0.1) is 0 Å². The molecule has 0 saturated carbocycles. The average Bonchev–Trinajstić information content (AvgIpc) is 2.94. The Kier molecular flexibility index (Phi) is 4.58. The second kappa shape index (κ2) is 5.97. The number of nitrogens with two attached hydrogens (primary N) is 1. The van der Waals surface area contributed by atoms with Gasteiger partial charge in [-0.1, -0.05) is 0 Å². The fourth-order valence-corrected chi connectivity index (χ4v) is 2.32. The monoisotopic (exact) mass is 371 g/mol. The van der Waals surface area contributed by atoms with Crippen LogP contribution in [0, 0.1) is 0 Å². The first-order chi connectivity index (χ1) is 11.3. The molecule has 2 heterocycles. The molecule has 1 aromatic rings. The minimum atomic E-state index is -5.07. The maximum absolute atomic E-state index is 13.4. The number of aromatic nitrogens is 1. The summed E-state index contributed by atoms with van der Waals surface area (Å²) in [5, 5.41) is 9.73. The zero-order valence-electron chi connectivity index (χ0n) is 13.1. The highest BCUT2D eigenvalue weighted by Crippen LogP contribution is 2.41. The summed E-state index contributed by atoms with van der Waals surface area (Å²) in [7, 11) is 0. The topological polar surface area (TPSA) is 75.5 Å². The summed E-state index contributed by atoms with van der Waals surface area (Å²) in [6.07, 6.45) is -7.31. The first-order valence-corrected chi connectivity index (χ1v) is 7.00. The Morgan fingerprint density at radius 1 is 1.28 bits per heavy atom. The van der Waals surface area contributed by atoms with E-state index in [1.165, 1.54) is 6.92 Å². The quantitative estimate of drug-likeness (QED) is 0.800. The van der Waals surface area contributed by atoms with Gasteiger partial charge in [-0.2, -0.15) is 26.3 Å². The van der Waals surface area contributed by atoms with Gasteiger partial charge >= 0.3 is 12.4 Å². The lowest BCUT2D eigenvalue weighted by Gasteiger charge is -2.41. The fraction of sp³-hybridized carbons (Fsp3) is 0.500. The van der Waals surface area contributed by atoms with Crippen molar-refractivity contribution in [1.82, 2.24) is 9.88 Å². The summed E-state index contributed by atoms with van der Waals surface area (Å²) < 4.78 is 84.1. The van der Waals surface area contributed by atoms with Gasteiger partial charge in [0.25, 0.3) is 0 Å². The smallest absolute Gasteiger partial charge is 0.418 e. The first-order valence-electron chi connectivity index (χ1n) is 7.00. The van der Waals surface area contributed by atoms with Crippen molar-refractivity contribution in [3.8, 4) is 0 Å². The van der Waals surface area contributed by atoms with E-state index in [2.05, 4.69) is 4.98 Å². The average molecular weight is 371 g/mol. The molecule has 0 radical (unpaired) electrons. The molecular weight excluding hydrogens is 356 g/mol.